The van der Waals surface area contributed by atoms with Crippen LogP contribution in [-0.2, 0) is 10.0 Å². The molecule has 1 heterocycles. The number of β-amino-alcohol motifs (C(OH)–C–C–N with tert-alkyl or cyclic N) is 1. The molecular weight excluding hydrogens is 458 g/mol. The Morgan fingerprint density at radius 3 is 2.60 bits per heavy atom. The first-order valence-electron chi connectivity index (χ1n) is 8.71. The highest BCUT2D eigenvalue weighted by molar-refractivity contribution is 7.89. The van der Waals surface area contributed by atoms with Gasteiger partial charge in [-0.05, 0) is 37.3 Å². The molecule has 0 aliphatic carbocycles. The lowest BCUT2D eigenvalue weighted by molar-refractivity contribution is -0.104. The minimum absolute atomic E-state index is 0.0284. The zero-order chi connectivity index (χ0) is 22.3. The van der Waals surface area contributed by atoms with Crippen LogP contribution in [-0.4, -0.2) is 53.8 Å². The molecule has 7 nitrogen and oxygen atoms in total. The fraction of sp³-hybridized carbons (Fsp3) is 0.316. The zero-order valence-electron chi connectivity index (χ0n) is 15.6. The predicted octanol–water partition coefficient (Wildman–Crippen LogP) is 2.57. The van der Waals surface area contributed by atoms with E-state index in [2.05, 4.69) is 0 Å². The van der Waals surface area contributed by atoms with Crippen molar-refractivity contribution in [1.82, 2.24) is 4.31 Å². The second kappa shape index (κ2) is 8.30. The molecule has 30 heavy (non-hydrogen) atoms. The molecule has 0 aromatic heterocycles. The number of nitrogens with zero attached hydrogens (tertiary/aromatic N) is 2. The van der Waals surface area contributed by atoms with Crippen LogP contribution >= 0.6 is 23.2 Å². The first-order valence-corrected chi connectivity index (χ1v) is 10.9. The van der Waals surface area contributed by atoms with E-state index in [1.54, 1.807) is 6.07 Å². The van der Waals surface area contributed by atoms with Crippen LogP contribution < -0.4 is 4.74 Å². The van der Waals surface area contributed by atoms with Crippen LogP contribution in [0.15, 0.2) is 41.3 Å². The van der Waals surface area contributed by atoms with Crippen molar-refractivity contribution in [1.29, 1.82) is 5.26 Å². The summed E-state index contributed by atoms with van der Waals surface area (Å²) < 4.78 is 46.6. The summed E-state index contributed by atoms with van der Waals surface area (Å²) >= 11 is 11.9. The molecule has 0 radical (unpaired) electrons. The van der Waals surface area contributed by atoms with Crippen molar-refractivity contribution in [2.24, 2.45) is 0 Å². The maximum Gasteiger partial charge on any atom is 0.244 e. The number of rotatable bonds is 5. The molecule has 0 saturated carbocycles. The molecule has 1 aliphatic heterocycles. The first-order chi connectivity index (χ1) is 14.0. The van der Waals surface area contributed by atoms with E-state index < -0.39 is 40.2 Å². The molecule has 1 fully saturated rings. The van der Waals surface area contributed by atoms with E-state index in [1.807, 2.05) is 0 Å². The van der Waals surface area contributed by atoms with Gasteiger partial charge in [0.15, 0.2) is 0 Å². The summed E-state index contributed by atoms with van der Waals surface area (Å²) in [5.74, 6) is -0.856. The average Bonchev–Trinajstić information content (AvgIpc) is 3.00. The number of ether oxygens (including phenoxy) is 1. The lowest BCUT2D eigenvalue weighted by Crippen LogP contribution is -2.53. The Kier molecular flexibility index (Phi) is 6.30. The summed E-state index contributed by atoms with van der Waals surface area (Å²) in [7, 11) is -4.16. The van der Waals surface area contributed by atoms with Gasteiger partial charge in [0.1, 0.15) is 34.2 Å². The molecule has 1 saturated heterocycles. The Morgan fingerprint density at radius 1 is 1.33 bits per heavy atom. The van der Waals surface area contributed by atoms with Crippen LogP contribution in [0.4, 0.5) is 4.39 Å². The molecule has 3 atom stereocenters. The fourth-order valence-corrected chi connectivity index (χ4v) is 5.40. The molecule has 160 valence electrons. The van der Waals surface area contributed by atoms with Gasteiger partial charge in [0.05, 0.1) is 23.2 Å². The van der Waals surface area contributed by atoms with Gasteiger partial charge >= 0.3 is 0 Å². The first kappa shape index (κ1) is 22.7. The van der Waals surface area contributed by atoms with Gasteiger partial charge < -0.3 is 14.9 Å². The van der Waals surface area contributed by atoms with Crippen molar-refractivity contribution in [3.05, 3.63) is 57.8 Å². The summed E-state index contributed by atoms with van der Waals surface area (Å²) in [6.45, 7) is 0.487. The second-order valence-electron chi connectivity index (χ2n) is 6.90. The van der Waals surface area contributed by atoms with Crippen molar-refractivity contribution in [3.63, 3.8) is 0 Å². The average molecular weight is 475 g/mol. The maximum atomic E-state index is 13.9. The van der Waals surface area contributed by atoms with E-state index in [0.29, 0.717) is 0 Å². The summed E-state index contributed by atoms with van der Waals surface area (Å²) in [6, 6.07) is 9.03. The highest BCUT2D eigenvalue weighted by Crippen LogP contribution is 2.35. The normalized spacial score (nSPS) is 23.2. The SMILES string of the molecule is C[C@H](O)[C@]1(O)CN(S(=O)(=O)c2ccc(Cl)cc2Cl)C[C@@H]1Oc1ccc(C#N)c(F)c1. The summed E-state index contributed by atoms with van der Waals surface area (Å²) in [5.41, 5.74) is -2.17. The van der Waals surface area contributed by atoms with Crippen molar-refractivity contribution in [2.45, 2.75) is 29.6 Å². The maximum absolute atomic E-state index is 13.9. The van der Waals surface area contributed by atoms with Crippen LogP contribution in [0.5, 0.6) is 5.75 Å². The highest BCUT2D eigenvalue weighted by atomic mass is 35.5. The van der Waals surface area contributed by atoms with Crippen molar-refractivity contribution in [2.75, 3.05) is 13.1 Å². The van der Waals surface area contributed by atoms with E-state index in [4.69, 9.17) is 33.2 Å². The van der Waals surface area contributed by atoms with Gasteiger partial charge in [-0.15, -0.1) is 0 Å². The molecule has 0 amide bonds. The molecular formula is C19H17Cl2FN2O5S. The molecule has 0 unspecified atom stereocenters. The Labute approximate surface area is 182 Å². The minimum atomic E-state index is -4.16. The van der Waals surface area contributed by atoms with Gasteiger partial charge in [-0.3, -0.25) is 0 Å². The number of aliphatic hydroxyl groups excluding tert-OH is 1. The number of nitriles is 1. The number of aliphatic hydroxyl groups is 2. The van der Waals surface area contributed by atoms with Crippen molar-refractivity contribution >= 4 is 33.2 Å². The minimum Gasteiger partial charge on any atom is -0.486 e. The second-order valence-corrected chi connectivity index (χ2v) is 9.65. The van der Waals surface area contributed by atoms with E-state index in [1.165, 1.54) is 37.3 Å². The Balaban J connectivity index is 1.93. The largest absolute Gasteiger partial charge is 0.486 e. The van der Waals surface area contributed by atoms with Gasteiger partial charge in [0.2, 0.25) is 10.0 Å². The third kappa shape index (κ3) is 4.12. The molecule has 1 aliphatic rings. The number of halogens is 3. The van der Waals surface area contributed by atoms with Gasteiger partial charge in [-0.25, -0.2) is 12.8 Å². The summed E-state index contributed by atoms with van der Waals surface area (Å²) in [4.78, 5) is -0.216. The molecule has 2 aromatic carbocycles. The topological polar surface area (TPSA) is 111 Å². The van der Waals surface area contributed by atoms with Crippen LogP contribution in [0.1, 0.15) is 12.5 Å². The third-order valence-electron chi connectivity index (χ3n) is 4.93. The van der Waals surface area contributed by atoms with E-state index in [9.17, 15) is 23.0 Å². The van der Waals surface area contributed by atoms with E-state index in [0.717, 1.165) is 10.4 Å². The number of benzene rings is 2. The van der Waals surface area contributed by atoms with Crippen molar-refractivity contribution in [3.8, 4) is 11.8 Å². The lowest BCUT2D eigenvalue weighted by Gasteiger charge is -2.31. The highest BCUT2D eigenvalue weighted by Gasteiger charge is 2.54. The smallest absolute Gasteiger partial charge is 0.244 e. The van der Waals surface area contributed by atoms with Crippen LogP contribution in [0.25, 0.3) is 0 Å². The summed E-state index contributed by atoms with van der Waals surface area (Å²) in [6.07, 6.45) is -2.59. The predicted molar refractivity (Wildman–Crippen MR) is 107 cm³/mol. The molecule has 2 aromatic rings. The number of hydrogen-bond acceptors (Lipinski definition) is 6. The standard InChI is InChI=1S/C19H17Cl2FN2O5S/c1-11(25)19(26)10-24(30(27,28)17-5-3-13(20)6-15(17)21)9-18(19)29-14-4-2-12(8-23)16(22)7-14/h2-7,11,18,25-26H,9-10H2,1H3/t11-,18-,19+/m0/s1. The van der Waals surface area contributed by atoms with E-state index >= 15 is 0 Å². The zero-order valence-corrected chi connectivity index (χ0v) is 17.9. The van der Waals surface area contributed by atoms with Gasteiger partial charge in [-0.2, -0.15) is 9.57 Å². The molecule has 3 rings (SSSR count). The van der Waals surface area contributed by atoms with Gasteiger partial charge in [0, 0.05) is 17.6 Å². The lowest BCUT2D eigenvalue weighted by atomic mass is 9.94. The summed E-state index contributed by atoms with van der Waals surface area (Å²) in [5, 5.41) is 30.1. The van der Waals surface area contributed by atoms with Gasteiger partial charge in [0.25, 0.3) is 0 Å². The van der Waals surface area contributed by atoms with Crippen molar-refractivity contribution < 1.29 is 27.8 Å². The van der Waals surface area contributed by atoms with Crippen LogP contribution in [0, 0.1) is 17.1 Å². The Bertz CT molecular complexity index is 1120. The quantitative estimate of drug-likeness (QED) is 0.688. The molecule has 11 heteroatoms. The Morgan fingerprint density at radius 2 is 2.03 bits per heavy atom. The van der Waals surface area contributed by atoms with Gasteiger partial charge in [-0.1, -0.05) is 23.2 Å². The van der Waals surface area contributed by atoms with Crippen LogP contribution in [0.3, 0.4) is 0 Å². The molecule has 0 spiro atoms. The van der Waals surface area contributed by atoms with Crippen LogP contribution in [0.2, 0.25) is 10.0 Å². The number of hydrogen-bond donors (Lipinski definition) is 2. The van der Waals surface area contributed by atoms with E-state index in [-0.39, 0.29) is 32.8 Å². The molecule has 2 N–H and O–H groups in total. The molecule has 0 bridgehead atoms. The monoisotopic (exact) mass is 474 g/mol. The fourth-order valence-electron chi connectivity index (χ4n) is 3.16. The number of sulfonamides is 1. The Hall–Kier alpha value is -1.93. The third-order valence-corrected chi connectivity index (χ3v) is 7.46.